The molecule has 0 aliphatic carbocycles. The maximum atomic E-state index is 11.9. The SMILES string of the molecule is CCc1ccc(NC(=O)CCCn2nc([N+](=O)[O-])c(Cl)c2C)cc1. The van der Waals surface area contributed by atoms with Crippen molar-refractivity contribution >= 4 is 29.0 Å². The minimum absolute atomic E-state index is 0.0421. The van der Waals surface area contributed by atoms with Crippen molar-refractivity contribution in [2.24, 2.45) is 0 Å². The Bertz CT molecular complexity index is 741. The van der Waals surface area contributed by atoms with Crippen molar-refractivity contribution in [3.05, 3.63) is 50.7 Å². The second-order valence-corrected chi connectivity index (χ2v) is 5.78. The van der Waals surface area contributed by atoms with Crippen molar-refractivity contribution < 1.29 is 9.72 Å². The van der Waals surface area contributed by atoms with Crippen LogP contribution in [-0.2, 0) is 17.8 Å². The predicted molar refractivity (Wildman–Crippen MR) is 92.3 cm³/mol. The zero-order chi connectivity index (χ0) is 17.7. The quantitative estimate of drug-likeness (QED) is 0.608. The first-order valence-corrected chi connectivity index (χ1v) is 8.06. The van der Waals surface area contributed by atoms with Crippen molar-refractivity contribution in [2.45, 2.75) is 39.7 Å². The van der Waals surface area contributed by atoms with E-state index < -0.39 is 4.92 Å². The van der Waals surface area contributed by atoms with Crippen molar-refractivity contribution in [1.82, 2.24) is 9.78 Å². The van der Waals surface area contributed by atoms with E-state index in [1.807, 2.05) is 24.3 Å². The fraction of sp³-hybridized carbons (Fsp3) is 0.375. The molecule has 0 saturated heterocycles. The first kappa shape index (κ1) is 17.9. The van der Waals surface area contributed by atoms with Crippen LogP contribution in [0.4, 0.5) is 11.5 Å². The number of carbonyl (C=O) groups is 1. The van der Waals surface area contributed by atoms with Crippen LogP contribution in [0.1, 0.15) is 31.0 Å². The van der Waals surface area contributed by atoms with Crippen LogP contribution in [0.2, 0.25) is 5.02 Å². The summed E-state index contributed by atoms with van der Waals surface area (Å²) in [6.07, 6.45) is 1.75. The third kappa shape index (κ3) is 4.32. The van der Waals surface area contributed by atoms with Gasteiger partial charge in [-0.3, -0.25) is 4.79 Å². The lowest BCUT2D eigenvalue weighted by Crippen LogP contribution is -2.13. The number of hydrogen-bond acceptors (Lipinski definition) is 4. The Morgan fingerprint density at radius 1 is 1.38 bits per heavy atom. The van der Waals surface area contributed by atoms with Crippen molar-refractivity contribution in [2.75, 3.05) is 5.32 Å². The summed E-state index contributed by atoms with van der Waals surface area (Å²) >= 11 is 5.88. The van der Waals surface area contributed by atoms with E-state index in [0.29, 0.717) is 25.1 Å². The Kier molecular flexibility index (Phi) is 5.92. The van der Waals surface area contributed by atoms with E-state index in [-0.39, 0.29) is 16.7 Å². The van der Waals surface area contributed by atoms with Crippen LogP contribution in [0.3, 0.4) is 0 Å². The molecule has 0 radical (unpaired) electrons. The monoisotopic (exact) mass is 350 g/mol. The highest BCUT2D eigenvalue weighted by molar-refractivity contribution is 6.33. The maximum absolute atomic E-state index is 11.9. The van der Waals surface area contributed by atoms with Gasteiger partial charge >= 0.3 is 5.82 Å². The van der Waals surface area contributed by atoms with Gasteiger partial charge in [-0.25, -0.2) is 0 Å². The lowest BCUT2D eigenvalue weighted by Gasteiger charge is -2.06. The molecule has 0 spiro atoms. The number of nitrogens with one attached hydrogen (secondary N) is 1. The molecule has 0 aliphatic rings. The Labute approximate surface area is 144 Å². The number of anilines is 1. The number of rotatable bonds is 7. The van der Waals surface area contributed by atoms with Gasteiger partial charge in [0.25, 0.3) is 0 Å². The smallest absolute Gasteiger partial charge is 0.358 e. The standard InChI is InChI=1S/C16H19ClN4O3/c1-3-12-6-8-13(9-7-12)18-14(22)5-4-10-20-11(2)15(17)16(19-20)21(23)24/h6-9H,3-5,10H2,1-2H3,(H,18,22). The van der Waals surface area contributed by atoms with Crippen molar-refractivity contribution in [3.63, 3.8) is 0 Å². The van der Waals surface area contributed by atoms with Crippen LogP contribution in [-0.4, -0.2) is 20.6 Å². The number of amides is 1. The predicted octanol–water partition coefficient (Wildman–Crippen LogP) is 3.73. The van der Waals surface area contributed by atoms with E-state index in [2.05, 4.69) is 17.3 Å². The van der Waals surface area contributed by atoms with E-state index in [1.165, 1.54) is 10.2 Å². The van der Waals surface area contributed by atoms with E-state index in [4.69, 9.17) is 11.6 Å². The van der Waals surface area contributed by atoms with Gasteiger partial charge in [0.15, 0.2) is 5.02 Å². The minimum Gasteiger partial charge on any atom is -0.358 e. The number of aryl methyl sites for hydroxylation is 2. The molecule has 2 aromatic rings. The molecular formula is C16H19ClN4O3. The number of benzene rings is 1. The summed E-state index contributed by atoms with van der Waals surface area (Å²) in [5.74, 6) is -0.459. The van der Waals surface area contributed by atoms with Gasteiger partial charge in [-0.2, -0.15) is 4.68 Å². The first-order valence-electron chi connectivity index (χ1n) is 7.68. The van der Waals surface area contributed by atoms with Crippen LogP contribution >= 0.6 is 11.6 Å². The summed E-state index contributed by atoms with van der Waals surface area (Å²) < 4.78 is 1.46. The zero-order valence-electron chi connectivity index (χ0n) is 13.6. The third-order valence-electron chi connectivity index (χ3n) is 3.71. The topological polar surface area (TPSA) is 90.1 Å². The molecule has 2 rings (SSSR count). The van der Waals surface area contributed by atoms with Gasteiger partial charge in [0.2, 0.25) is 5.91 Å². The largest absolute Gasteiger partial charge is 0.408 e. The third-order valence-corrected chi connectivity index (χ3v) is 4.15. The molecule has 0 aliphatic heterocycles. The molecule has 24 heavy (non-hydrogen) atoms. The molecule has 1 N–H and O–H groups in total. The van der Waals surface area contributed by atoms with E-state index in [9.17, 15) is 14.9 Å². The molecule has 0 bridgehead atoms. The fourth-order valence-electron chi connectivity index (χ4n) is 2.28. The van der Waals surface area contributed by atoms with Crippen LogP contribution in [0, 0.1) is 17.0 Å². The molecule has 7 nitrogen and oxygen atoms in total. The lowest BCUT2D eigenvalue weighted by atomic mass is 10.1. The Morgan fingerprint density at radius 2 is 2.04 bits per heavy atom. The Morgan fingerprint density at radius 3 is 2.58 bits per heavy atom. The number of hydrogen-bond donors (Lipinski definition) is 1. The van der Waals surface area contributed by atoms with Gasteiger partial charge in [0.05, 0.1) is 17.3 Å². The van der Waals surface area contributed by atoms with Gasteiger partial charge in [-0.15, -0.1) is 0 Å². The van der Waals surface area contributed by atoms with Crippen molar-refractivity contribution in [1.29, 1.82) is 0 Å². The number of nitro groups is 1. The van der Waals surface area contributed by atoms with Crippen molar-refractivity contribution in [3.8, 4) is 0 Å². The number of carbonyl (C=O) groups excluding carboxylic acids is 1. The molecule has 1 aromatic heterocycles. The average molecular weight is 351 g/mol. The normalized spacial score (nSPS) is 10.6. The van der Waals surface area contributed by atoms with Gasteiger partial charge in [-0.05, 0) is 42.4 Å². The Hall–Kier alpha value is -2.41. The highest BCUT2D eigenvalue weighted by atomic mass is 35.5. The van der Waals surface area contributed by atoms with E-state index in [0.717, 1.165) is 12.1 Å². The molecule has 1 amide bonds. The average Bonchev–Trinajstić information content (AvgIpc) is 2.84. The highest BCUT2D eigenvalue weighted by Gasteiger charge is 2.23. The van der Waals surface area contributed by atoms with Gasteiger partial charge in [0, 0.05) is 12.1 Å². The summed E-state index contributed by atoms with van der Waals surface area (Å²) in [5.41, 5.74) is 2.49. The summed E-state index contributed by atoms with van der Waals surface area (Å²) in [4.78, 5) is 22.1. The lowest BCUT2D eigenvalue weighted by molar-refractivity contribution is -0.389. The van der Waals surface area contributed by atoms with E-state index >= 15 is 0 Å². The zero-order valence-corrected chi connectivity index (χ0v) is 14.3. The number of halogens is 1. The second-order valence-electron chi connectivity index (χ2n) is 5.41. The molecule has 128 valence electrons. The summed E-state index contributed by atoms with van der Waals surface area (Å²) in [5, 5.41) is 17.5. The molecule has 1 heterocycles. The molecule has 0 fully saturated rings. The molecule has 8 heteroatoms. The summed E-state index contributed by atoms with van der Waals surface area (Å²) in [7, 11) is 0. The highest BCUT2D eigenvalue weighted by Crippen LogP contribution is 2.26. The number of aromatic nitrogens is 2. The van der Waals surface area contributed by atoms with Crippen LogP contribution in [0.5, 0.6) is 0 Å². The molecule has 0 unspecified atom stereocenters. The van der Waals surface area contributed by atoms with Gasteiger partial charge < -0.3 is 15.4 Å². The van der Waals surface area contributed by atoms with Crippen LogP contribution < -0.4 is 5.32 Å². The second kappa shape index (κ2) is 7.92. The van der Waals surface area contributed by atoms with Crippen LogP contribution in [0.15, 0.2) is 24.3 Å². The summed E-state index contributed by atoms with van der Waals surface area (Å²) in [6, 6.07) is 7.70. The van der Waals surface area contributed by atoms with Crippen LogP contribution in [0.25, 0.3) is 0 Å². The Balaban J connectivity index is 1.86. The fourth-order valence-corrected chi connectivity index (χ4v) is 2.48. The molecular weight excluding hydrogens is 332 g/mol. The molecule has 0 atom stereocenters. The summed E-state index contributed by atoms with van der Waals surface area (Å²) in [6.45, 7) is 4.13. The van der Waals surface area contributed by atoms with E-state index in [1.54, 1.807) is 6.92 Å². The number of nitrogens with zero attached hydrogens (tertiary/aromatic N) is 3. The maximum Gasteiger partial charge on any atom is 0.408 e. The molecule has 1 aromatic carbocycles. The first-order chi connectivity index (χ1) is 11.4. The van der Waals surface area contributed by atoms with Gasteiger partial charge in [0.1, 0.15) is 0 Å². The van der Waals surface area contributed by atoms with Gasteiger partial charge in [-0.1, -0.05) is 30.7 Å². The minimum atomic E-state index is -0.613. The molecule has 0 saturated carbocycles.